The molecule has 0 unspecified atom stereocenters. The zero-order chi connectivity index (χ0) is 14.8. The molecule has 19 heavy (non-hydrogen) atoms. The number of hydrogen-bond acceptors (Lipinski definition) is 4. The highest BCUT2D eigenvalue weighted by atomic mass is 35.5. The topological polar surface area (TPSA) is 80.5 Å². The summed E-state index contributed by atoms with van der Waals surface area (Å²) < 4.78 is 25.7. The maximum absolute atomic E-state index is 12.3. The molecule has 6 nitrogen and oxygen atoms in total. The molecule has 0 spiro atoms. The fourth-order valence-corrected chi connectivity index (χ4v) is 3.54. The van der Waals surface area contributed by atoms with Gasteiger partial charge < -0.3 is 0 Å². The molecule has 0 atom stereocenters. The van der Waals surface area contributed by atoms with Crippen LogP contribution >= 0.6 is 11.6 Å². The number of halogens is 1. The smallest absolute Gasteiger partial charge is 0.258 e. The van der Waals surface area contributed by atoms with E-state index in [-0.39, 0.29) is 9.92 Å². The van der Waals surface area contributed by atoms with Gasteiger partial charge in [0.1, 0.15) is 9.92 Å². The standard InChI is InChI=1S/C11H15ClN2O4S/c1-4-5-13(3)19(17,18)10-7-8(2)6-9(11(10)12)14(15)16/h6-7H,4-5H2,1-3H3. The summed E-state index contributed by atoms with van der Waals surface area (Å²) in [4.78, 5) is 9.95. The van der Waals surface area contributed by atoms with Crippen LogP contribution in [-0.4, -0.2) is 31.2 Å². The molecule has 0 aliphatic heterocycles. The second-order valence-electron chi connectivity index (χ2n) is 4.18. The molecule has 0 bridgehead atoms. The Kier molecular flexibility index (Phi) is 4.89. The van der Waals surface area contributed by atoms with E-state index >= 15 is 0 Å². The van der Waals surface area contributed by atoms with Gasteiger partial charge in [-0.15, -0.1) is 0 Å². The molecule has 0 amide bonds. The van der Waals surface area contributed by atoms with E-state index in [0.717, 1.165) is 4.31 Å². The highest BCUT2D eigenvalue weighted by Gasteiger charge is 2.28. The fraction of sp³-hybridized carbons (Fsp3) is 0.455. The lowest BCUT2D eigenvalue weighted by atomic mass is 10.2. The Hall–Kier alpha value is -1.18. The van der Waals surface area contributed by atoms with Crippen molar-refractivity contribution in [1.82, 2.24) is 4.31 Å². The summed E-state index contributed by atoms with van der Waals surface area (Å²) in [7, 11) is -2.39. The number of aryl methyl sites for hydroxylation is 1. The highest BCUT2D eigenvalue weighted by molar-refractivity contribution is 7.89. The van der Waals surface area contributed by atoms with Crippen LogP contribution in [0.5, 0.6) is 0 Å². The Morgan fingerprint density at radius 1 is 1.42 bits per heavy atom. The molecule has 0 radical (unpaired) electrons. The average molecular weight is 307 g/mol. The Morgan fingerprint density at radius 2 is 2.00 bits per heavy atom. The zero-order valence-corrected chi connectivity index (χ0v) is 12.5. The normalized spacial score (nSPS) is 11.8. The van der Waals surface area contributed by atoms with Crippen molar-refractivity contribution in [3.8, 4) is 0 Å². The number of nitrogens with zero attached hydrogens (tertiary/aromatic N) is 2. The molecule has 1 aromatic rings. The van der Waals surface area contributed by atoms with E-state index in [1.54, 1.807) is 6.92 Å². The molecular formula is C11H15ClN2O4S. The summed E-state index contributed by atoms with van der Waals surface area (Å²) >= 11 is 5.86. The zero-order valence-electron chi connectivity index (χ0n) is 10.9. The lowest BCUT2D eigenvalue weighted by molar-refractivity contribution is -0.385. The van der Waals surface area contributed by atoms with Crippen LogP contribution in [0.1, 0.15) is 18.9 Å². The Balaban J connectivity index is 3.47. The molecule has 1 aromatic carbocycles. The summed E-state index contributed by atoms with van der Waals surface area (Å²) in [6.45, 7) is 3.74. The van der Waals surface area contributed by atoms with Crippen molar-refractivity contribution in [2.75, 3.05) is 13.6 Å². The maximum atomic E-state index is 12.3. The lowest BCUT2D eigenvalue weighted by Gasteiger charge is -2.17. The molecule has 0 saturated heterocycles. The summed E-state index contributed by atoms with van der Waals surface area (Å²) in [6, 6.07) is 2.60. The Labute approximate surface area is 117 Å². The van der Waals surface area contributed by atoms with Gasteiger partial charge in [-0.05, 0) is 25.0 Å². The van der Waals surface area contributed by atoms with Gasteiger partial charge in [0.05, 0.1) is 4.92 Å². The summed E-state index contributed by atoms with van der Waals surface area (Å²) in [5, 5.41) is 10.5. The van der Waals surface area contributed by atoms with Crippen LogP contribution in [-0.2, 0) is 10.0 Å². The first-order valence-electron chi connectivity index (χ1n) is 5.62. The van der Waals surface area contributed by atoms with Crippen molar-refractivity contribution in [2.45, 2.75) is 25.2 Å². The summed E-state index contributed by atoms with van der Waals surface area (Å²) in [5.41, 5.74) is 0.0738. The predicted octanol–water partition coefficient (Wildman–Crippen LogP) is 2.59. The minimum Gasteiger partial charge on any atom is -0.258 e. The van der Waals surface area contributed by atoms with Crippen molar-refractivity contribution in [1.29, 1.82) is 0 Å². The van der Waals surface area contributed by atoms with Crippen LogP contribution in [0.4, 0.5) is 5.69 Å². The van der Waals surface area contributed by atoms with Crippen molar-refractivity contribution >= 4 is 27.3 Å². The molecule has 0 saturated carbocycles. The third-order valence-corrected chi connectivity index (χ3v) is 4.98. The van der Waals surface area contributed by atoms with Crippen LogP contribution in [0.15, 0.2) is 17.0 Å². The first-order valence-corrected chi connectivity index (χ1v) is 7.44. The molecule has 0 fully saturated rings. The van der Waals surface area contributed by atoms with E-state index in [0.29, 0.717) is 18.5 Å². The molecule has 8 heteroatoms. The van der Waals surface area contributed by atoms with Crippen LogP contribution in [0.25, 0.3) is 0 Å². The fourth-order valence-electron chi connectivity index (χ4n) is 1.64. The Bertz CT molecular complexity index is 601. The van der Waals surface area contributed by atoms with E-state index in [1.165, 1.54) is 19.2 Å². The van der Waals surface area contributed by atoms with Crippen LogP contribution in [0.3, 0.4) is 0 Å². The SMILES string of the molecule is CCCN(C)S(=O)(=O)c1cc(C)cc([N+](=O)[O-])c1Cl. The van der Waals surface area contributed by atoms with Gasteiger partial charge in [-0.25, -0.2) is 12.7 Å². The molecule has 0 N–H and O–H groups in total. The first kappa shape index (κ1) is 15.9. The number of rotatable bonds is 5. The molecular weight excluding hydrogens is 292 g/mol. The maximum Gasteiger partial charge on any atom is 0.289 e. The van der Waals surface area contributed by atoms with Crippen molar-refractivity contribution < 1.29 is 13.3 Å². The van der Waals surface area contributed by atoms with Gasteiger partial charge in [-0.3, -0.25) is 10.1 Å². The van der Waals surface area contributed by atoms with Gasteiger partial charge in [0.2, 0.25) is 10.0 Å². The van der Waals surface area contributed by atoms with Crippen molar-refractivity contribution in [3.05, 3.63) is 32.8 Å². The summed E-state index contributed by atoms with van der Waals surface area (Å²) in [6.07, 6.45) is 0.640. The van der Waals surface area contributed by atoms with Gasteiger partial charge in [0.15, 0.2) is 0 Å². The van der Waals surface area contributed by atoms with E-state index in [1.807, 2.05) is 6.92 Å². The third-order valence-electron chi connectivity index (χ3n) is 2.59. The minimum atomic E-state index is -3.81. The number of hydrogen-bond donors (Lipinski definition) is 0. The predicted molar refractivity (Wildman–Crippen MR) is 73.0 cm³/mol. The number of nitro groups is 1. The van der Waals surface area contributed by atoms with Crippen LogP contribution in [0.2, 0.25) is 5.02 Å². The monoisotopic (exact) mass is 306 g/mol. The second-order valence-corrected chi connectivity index (χ2v) is 6.57. The van der Waals surface area contributed by atoms with Gasteiger partial charge in [-0.2, -0.15) is 0 Å². The van der Waals surface area contributed by atoms with Crippen molar-refractivity contribution in [3.63, 3.8) is 0 Å². The molecule has 0 heterocycles. The average Bonchev–Trinajstić information content (AvgIpc) is 2.31. The summed E-state index contributed by atoms with van der Waals surface area (Å²) in [5.74, 6) is 0. The Morgan fingerprint density at radius 3 is 2.47 bits per heavy atom. The number of benzene rings is 1. The van der Waals surface area contributed by atoms with Crippen molar-refractivity contribution in [2.24, 2.45) is 0 Å². The number of nitro benzene ring substituents is 1. The quantitative estimate of drug-likeness (QED) is 0.618. The third kappa shape index (κ3) is 3.23. The van der Waals surface area contributed by atoms with Gasteiger partial charge in [0, 0.05) is 19.7 Å². The lowest BCUT2D eigenvalue weighted by Crippen LogP contribution is -2.28. The molecule has 106 valence electrons. The molecule has 0 aromatic heterocycles. The second kappa shape index (κ2) is 5.85. The van der Waals surface area contributed by atoms with Gasteiger partial charge in [-0.1, -0.05) is 18.5 Å². The molecule has 1 rings (SSSR count). The number of sulfonamides is 1. The van der Waals surface area contributed by atoms with Crippen LogP contribution in [0, 0.1) is 17.0 Å². The van der Waals surface area contributed by atoms with Gasteiger partial charge >= 0.3 is 0 Å². The van der Waals surface area contributed by atoms with Gasteiger partial charge in [0.25, 0.3) is 5.69 Å². The van der Waals surface area contributed by atoms with Crippen LogP contribution < -0.4 is 0 Å². The van der Waals surface area contributed by atoms with E-state index in [9.17, 15) is 18.5 Å². The first-order chi connectivity index (χ1) is 8.71. The molecule has 0 aliphatic rings. The minimum absolute atomic E-state index is 0.225. The largest absolute Gasteiger partial charge is 0.289 e. The highest BCUT2D eigenvalue weighted by Crippen LogP contribution is 2.33. The van der Waals surface area contributed by atoms with E-state index < -0.39 is 20.6 Å². The molecule has 0 aliphatic carbocycles. The van der Waals surface area contributed by atoms with E-state index in [4.69, 9.17) is 11.6 Å². The van der Waals surface area contributed by atoms with E-state index in [2.05, 4.69) is 0 Å².